The fourth-order valence-corrected chi connectivity index (χ4v) is 2.99. The summed E-state index contributed by atoms with van der Waals surface area (Å²) >= 11 is 0. The van der Waals surface area contributed by atoms with Crippen LogP contribution in [-0.2, 0) is 11.4 Å². The number of carbonyl (C=O) groups excluding carboxylic acids is 1. The zero-order valence-corrected chi connectivity index (χ0v) is 19.1. The smallest absolute Gasteiger partial charge is 0.277 e. The molecule has 0 radical (unpaired) electrons. The Morgan fingerprint density at radius 3 is 2.38 bits per heavy atom. The number of hydrogen-bond acceptors (Lipinski definition) is 4. The topological polar surface area (TPSA) is 59.9 Å². The number of ether oxygens (including phenoxy) is 2. The van der Waals surface area contributed by atoms with Crippen molar-refractivity contribution in [2.24, 2.45) is 5.10 Å². The molecule has 1 N–H and O–H groups in total. The van der Waals surface area contributed by atoms with Crippen LogP contribution in [0.15, 0.2) is 71.8 Å². The number of nitrogens with one attached hydrogen (secondary N) is 1. The standard InChI is InChI=1S/C27H30N2O3/c1-19(2)24-12-7-21(4)26(15-24)32-18-27(30)29-28-16-22-10-13-25(14-11-22)31-17-23-8-5-20(3)6-9-23/h5-16,19H,17-18H2,1-4H3,(H,29,30)/b28-16-. The summed E-state index contributed by atoms with van der Waals surface area (Å²) in [4.78, 5) is 12.1. The molecule has 0 aliphatic heterocycles. The van der Waals surface area contributed by atoms with Crippen molar-refractivity contribution in [2.45, 2.75) is 40.2 Å². The third kappa shape index (κ3) is 6.98. The first-order chi connectivity index (χ1) is 15.4. The maximum absolute atomic E-state index is 12.1. The average Bonchev–Trinajstić information content (AvgIpc) is 2.79. The summed E-state index contributed by atoms with van der Waals surface area (Å²) in [5, 5.41) is 4.01. The van der Waals surface area contributed by atoms with E-state index in [1.165, 1.54) is 11.1 Å². The Kier molecular flexibility index (Phi) is 8.03. The SMILES string of the molecule is Cc1ccc(COc2ccc(/C=N\NC(=O)COc3cc(C(C)C)ccc3C)cc2)cc1. The van der Waals surface area contributed by atoms with Crippen molar-refractivity contribution in [1.29, 1.82) is 0 Å². The highest BCUT2D eigenvalue weighted by molar-refractivity contribution is 5.83. The van der Waals surface area contributed by atoms with Gasteiger partial charge in [-0.15, -0.1) is 0 Å². The number of hydrogen-bond donors (Lipinski definition) is 1. The molecule has 0 aromatic heterocycles. The molecule has 3 aromatic rings. The summed E-state index contributed by atoms with van der Waals surface area (Å²) < 4.78 is 11.5. The molecule has 0 atom stereocenters. The van der Waals surface area contributed by atoms with Crippen molar-refractivity contribution in [2.75, 3.05) is 6.61 Å². The van der Waals surface area contributed by atoms with Crippen molar-refractivity contribution in [3.63, 3.8) is 0 Å². The minimum atomic E-state index is -0.311. The first-order valence-electron chi connectivity index (χ1n) is 10.7. The van der Waals surface area contributed by atoms with E-state index in [0.29, 0.717) is 12.5 Å². The summed E-state index contributed by atoms with van der Waals surface area (Å²) in [6, 6.07) is 21.9. The van der Waals surface area contributed by atoms with Crippen LogP contribution in [0.5, 0.6) is 11.5 Å². The molecular formula is C27H30N2O3. The lowest BCUT2D eigenvalue weighted by Crippen LogP contribution is -2.24. The number of aryl methyl sites for hydroxylation is 2. The average molecular weight is 431 g/mol. The van der Waals surface area contributed by atoms with E-state index < -0.39 is 0 Å². The highest BCUT2D eigenvalue weighted by atomic mass is 16.5. The van der Waals surface area contributed by atoms with Crippen LogP contribution in [0.1, 0.15) is 47.6 Å². The fourth-order valence-electron chi connectivity index (χ4n) is 2.99. The quantitative estimate of drug-likeness (QED) is 0.358. The number of rotatable bonds is 9. The lowest BCUT2D eigenvalue weighted by molar-refractivity contribution is -0.123. The van der Waals surface area contributed by atoms with Gasteiger partial charge in [-0.1, -0.05) is 55.8 Å². The molecule has 0 spiro atoms. The molecule has 0 heterocycles. The second-order valence-electron chi connectivity index (χ2n) is 8.10. The van der Waals surface area contributed by atoms with E-state index in [4.69, 9.17) is 9.47 Å². The van der Waals surface area contributed by atoms with Crippen molar-refractivity contribution in [3.05, 3.63) is 94.5 Å². The molecule has 0 saturated heterocycles. The molecule has 3 aromatic carbocycles. The summed E-state index contributed by atoms with van der Waals surface area (Å²) in [6.07, 6.45) is 1.59. The fraction of sp³-hybridized carbons (Fsp3) is 0.259. The molecule has 166 valence electrons. The zero-order chi connectivity index (χ0) is 22.9. The van der Waals surface area contributed by atoms with Gasteiger partial charge < -0.3 is 9.47 Å². The van der Waals surface area contributed by atoms with E-state index in [-0.39, 0.29) is 12.5 Å². The Hall–Kier alpha value is -3.60. The number of nitrogens with zero attached hydrogens (tertiary/aromatic N) is 1. The molecule has 0 bridgehead atoms. The zero-order valence-electron chi connectivity index (χ0n) is 19.1. The van der Waals surface area contributed by atoms with Gasteiger partial charge in [-0.05, 0) is 72.4 Å². The molecular weight excluding hydrogens is 400 g/mol. The maximum Gasteiger partial charge on any atom is 0.277 e. The molecule has 32 heavy (non-hydrogen) atoms. The lowest BCUT2D eigenvalue weighted by Gasteiger charge is -2.12. The number of hydrazone groups is 1. The van der Waals surface area contributed by atoms with Gasteiger partial charge in [-0.3, -0.25) is 4.79 Å². The van der Waals surface area contributed by atoms with Gasteiger partial charge in [0.15, 0.2) is 6.61 Å². The van der Waals surface area contributed by atoms with Gasteiger partial charge in [0.1, 0.15) is 18.1 Å². The van der Waals surface area contributed by atoms with Gasteiger partial charge in [0.05, 0.1) is 6.21 Å². The molecule has 5 heteroatoms. The maximum atomic E-state index is 12.1. The predicted octanol–water partition coefficient (Wildman–Crippen LogP) is 5.53. The van der Waals surface area contributed by atoms with E-state index in [9.17, 15) is 4.79 Å². The Balaban J connectivity index is 1.44. The highest BCUT2D eigenvalue weighted by Gasteiger charge is 2.07. The summed E-state index contributed by atoms with van der Waals surface area (Å²) in [5.74, 6) is 1.58. The minimum Gasteiger partial charge on any atom is -0.489 e. The van der Waals surface area contributed by atoms with Gasteiger partial charge in [0.2, 0.25) is 0 Å². The second-order valence-corrected chi connectivity index (χ2v) is 8.10. The van der Waals surface area contributed by atoms with Crippen molar-refractivity contribution in [1.82, 2.24) is 5.43 Å². The monoisotopic (exact) mass is 430 g/mol. The van der Waals surface area contributed by atoms with E-state index in [2.05, 4.69) is 61.6 Å². The van der Waals surface area contributed by atoms with Crippen LogP contribution in [0.2, 0.25) is 0 Å². The minimum absolute atomic E-state index is 0.0917. The van der Waals surface area contributed by atoms with Gasteiger partial charge in [0, 0.05) is 0 Å². The van der Waals surface area contributed by atoms with Gasteiger partial charge in [-0.25, -0.2) is 5.43 Å². The van der Waals surface area contributed by atoms with E-state index in [0.717, 1.165) is 28.2 Å². The summed E-state index contributed by atoms with van der Waals surface area (Å²) in [6.45, 7) is 8.70. The number of benzene rings is 3. The first kappa shape index (κ1) is 23.1. The molecule has 0 aliphatic rings. The Labute approximate surface area is 190 Å². The molecule has 0 saturated carbocycles. The lowest BCUT2D eigenvalue weighted by atomic mass is 10.0. The van der Waals surface area contributed by atoms with E-state index >= 15 is 0 Å². The highest BCUT2D eigenvalue weighted by Crippen LogP contribution is 2.24. The van der Waals surface area contributed by atoms with Crippen molar-refractivity contribution in [3.8, 4) is 11.5 Å². The number of carbonyl (C=O) groups is 1. The van der Waals surface area contributed by atoms with Gasteiger partial charge >= 0.3 is 0 Å². The second kappa shape index (κ2) is 11.1. The first-order valence-corrected chi connectivity index (χ1v) is 10.7. The summed E-state index contributed by atoms with van der Waals surface area (Å²) in [7, 11) is 0. The molecule has 0 aliphatic carbocycles. The van der Waals surface area contributed by atoms with Crippen molar-refractivity contribution < 1.29 is 14.3 Å². The van der Waals surface area contributed by atoms with E-state index in [1.807, 2.05) is 43.3 Å². The molecule has 3 rings (SSSR count). The third-order valence-electron chi connectivity index (χ3n) is 5.05. The predicted molar refractivity (Wildman–Crippen MR) is 128 cm³/mol. The molecule has 1 amide bonds. The Morgan fingerprint density at radius 2 is 1.69 bits per heavy atom. The molecule has 0 fully saturated rings. The van der Waals surface area contributed by atoms with Crippen LogP contribution in [0.25, 0.3) is 0 Å². The van der Waals surface area contributed by atoms with Crippen LogP contribution in [0, 0.1) is 13.8 Å². The third-order valence-corrected chi connectivity index (χ3v) is 5.05. The van der Waals surface area contributed by atoms with Crippen LogP contribution < -0.4 is 14.9 Å². The number of amides is 1. The van der Waals surface area contributed by atoms with Gasteiger partial charge in [-0.2, -0.15) is 5.10 Å². The van der Waals surface area contributed by atoms with E-state index in [1.54, 1.807) is 6.21 Å². The largest absolute Gasteiger partial charge is 0.489 e. The summed E-state index contributed by atoms with van der Waals surface area (Å²) in [5.41, 5.74) is 7.88. The van der Waals surface area contributed by atoms with Crippen molar-refractivity contribution >= 4 is 12.1 Å². The molecule has 0 unspecified atom stereocenters. The Bertz CT molecular complexity index is 1060. The van der Waals surface area contributed by atoms with Crippen LogP contribution in [0.3, 0.4) is 0 Å². The van der Waals surface area contributed by atoms with Crippen LogP contribution >= 0.6 is 0 Å². The molecule has 5 nitrogen and oxygen atoms in total. The van der Waals surface area contributed by atoms with Crippen LogP contribution in [-0.4, -0.2) is 18.7 Å². The van der Waals surface area contributed by atoms with Gasteiger partial charge in [0.25, 0.3) is 5.91 Å². The van der Waals surface area contributed by atoms with Crippen LogP contribution in [0.4, 0.5) is 0 Å². The normalized spacial score (nSPS) is 11.0. The Morgan fingerprint density at radius 1 is 0.969 bits per heavy atom.